The first-order chi connectivity index (χ1) is 15.5. The first kappa shape index (κ1) is 25.1. The summed E-state index contributed by atoms with van der Waals surface area (Å²) in [7, 11) is 0. The number of rotatable bonds is 7. The van der Waals surface area contributed by atoms with E-state index in [0.29, 0.717) is 12.2 Å². The zero-order valence-electron chi connectivity index (χ0n) is 19.9. The summed E-state index contributed by atoms with van der Waals surface area (Å²) >= 11 is 0. The van der Waals surface area contributed by atoms with E-state index in [2.05, 4.69) is 32.4 Å². The quantitative estimate of drug-likeness (QED) is 0.255. The van der Waals surface area contributed by atoms with E-state index in [1.165, 1.54) is 5.56 Å². The van der Waals surface area contributed by atoms with E-state index in [1.54, 1.807) is 4.57 Å². The van der Waals surface area contributed by atoms with Crippen LogP contribution >= 0.6 is 0 Å². The monoisotopic (exact) mass is 439 g/mol. The van der Waals surface area contributed by atoms with Crippen LogP contribution in [0.5, 0.6) is 0 Å². The zero-order valence-corrected chi connectivity index (χ0v) is 19.9. The smallest absolute Gasteiger partial charge is 0.354 e. The Morgan fingerprint density at radius 1 is 1.19 bits per heavy atom. The third-order valence-corrected chi connectivity index (χ3v) is 5.18. The molecule has 1 saturated carbocycles. The van der Waals surface area contributed by atoms with Gasteiger partial charge in [0, 0.05) is 29.4 Å². The molecule has 8 nitrogen and oxygen atoms in total. The van der Waals surface area contributed by atoms with Gasteiger partial charge in [-0.15, -0.1) is 0 Å². The average molecular weight is 440 g/mol. The molecule has 1 aliphatic carbocycles. The van der Waals surface area contributed by atoms with Gasteiger partial charge in [0.1, 0.15) is 5.65 Å². The van der Waals surface area contributed by atoms with Crippen LogP contribution in [0, 0.1) is 6.92 Å². The molecule has 8 heteroatoms. The van der Waals surface area contributed by atoms with Gasteiger partial charge < -0.3 is 21.8 Å². The van der Waals surface area contributed by atoms with Crippen LogP contribution in [0.4, 0.5) is 0 Å². The van der Waals surface area contributed by atoms with Crippen molar-refractivity contribution >= 4 is 17.0 Å². The van der Waals surface area contributed by atoms with Crippen molar-refractivity contribution < 1.29 is 0 Å². The predicted molar refractivity (Wildman–Crippen MR) is 133 cm³/mol. The topological polar surface area (TPSA) is 127 Å². The fraction of sp³-hybridized carbons (Fsp3) is 0.458. The molecule has 4 rings (SSSR count). The Balaban J connectivity index is 0.000000860. The molecule has 0 spiro atoms. The van der Waals surface area contributed by atoms with E-state index in [0.717, 1.165) is 42.6 Å². The van der Waals surface area contributed by atoms with Gasteiger partial charge >= 0.3 is 5.69 Å². The van der Waals surface area contributed by atoms with Crippen LogP contribution in [-0.4, -0.2) is 33.6 Å². The van der Waals surface area contributed by atoms with Crippen molar-refractivity contribution in [2.75, 3.05) is 13.1 Å². The highest BCUT2D eigenvalue weighted by Gasteiger charge is 2.43. The molecule has 2 aromatic heterocycles. The number of nitrogens with two attached hydrogens (primary N) is 2. The van der Waals surface area contributed by atoms with E-state index < -0.39 is 0 Å². The summed E-state index contributed by atoms with van der Waals surface area (Å²) < 4.78 is 1.58. The highest BCUT2D eigenvalue weighted by atomic mass is 16.1. The van der Waals surface area contributed by atoms with Gasteiger partial charge in [0.05, 0.1) is 5.69 Å². The lowest BCUT2D eigenvalue weighted by atomic mass is 10.0. The standard InChI is InChI=1S/C20H25N7O.2C2H6/c1-13-11-14-12-27(19(28)26-17(14)25-13)16-5-3-15(4-6-16)20(7-8-20)24-10-2-9-23-18(21)22;2*1-2/h3-6,11-12,24H,2,7-10H2,1H3,(H4,21,22,23)(H,25,26,28);2*1-2H3. The molecule has 3 aromatic rings. The Kier molecular flexibility index (Phi) is 9.02. The Morgan fingerprint density at radius 2 is 1.84 bits per heavy atom. The second-order valence-corrected chi connectivity index (χ2v) is 7.37. The fourth-order valence-electron chi connectivity index (χ4n) is 3.56. The van der Waals surface area contributed by atoms with Gasteiger partial charge in [0.2, 0.25) is 0 Å². The van der Waals surface area contributed by atoms with Crippen LogP contribution in [0.25, 0.3) is 16.7 Å². The lowest BCUT2D eigenvalue weighted by molar-refractivity contribution is 0.512. The van der Waals surface area contributed by atoms with E-state index in [1.807, 2.05) is 59.0 Å². The van der Waals surface area contributed by atoms with Crippen LogP contribution in [0.15, 0.2) is 46.3 Å². The summed E-state index contributed by atoms with van der Waals surface area (Å²) in [5.41, 5.74) is 14.1. The summed E-state index contributed by atoms with van der Waals surface area (Å²) in [4.78, 5) is 23.6. The number of hydrogen-bond acceptors (Lipinski definition) is 4. The van der Waals surface area contributed by atoms with Gasteiger partial charge in [-0.05, 0) is 56.5 Å². The van der Waals surface area contributed by atoms with Crippen molar-refractivity contribution in [2.24, 2.45) is 16.5 Å². The minimum absolute atomic E-state index is 0.0292. The predicted octanol–water partition coefficient (Wildman–Crippen LogP) is 3.32. The molecule has 0 saturated heterocycles. The number of benzene rings is 1. The van der Waals surface area contributed by atoms with E-state index in [-0.39, 0.29) is 17.2 Å². The molecule has 174 valence electrons. The Bertz CT molecular complexity index is 1070. The largest absolute Gasteiger partial charge is 0.370 e. The highest BCUT2D eigenvalue weighted by Crippen LogP contribution is 2.45. The van der Waals surface area contributed by atoms with Crippen molar-refractivity contribution in [2.45, 2.75) is 59.4 Å². The number of hydrogen-bond donors (Lipinski definition) is 4. The van der Waals surface area contributed by atoms with Crippen molar-refractivity contribution in [1.82, 2.24) is 19.9 Å². The van der Waals surface area contributed by atoms with Gasteiger partial charge in [-0.2, -0.15) is 4.98 Å². The van der Waals surface area contributed by atoms with Gasteiger partial charge in [-0.1, -0.05) is 39.8 Å². The fourth-order valence-corrected chi connectivity index (χ4v) is 3.56. The zero-order chi connectivity index (χ0) is 23.7. The number of fused-ring (bicyclic) bond motifs is 1. The molecule has 0 amide bonds. The molecular formula is C24H37N7O. The van der Waals surface area contributed by atoms with Gasteiger partial charge in [0.15, 0.2) is 5.96 Å². The molecule has 2 heterocycles. The first-order valence-corrected chi connectivity index (χ1v) is 11.5. The number of nitrogens with one attached hydrogen (secondary N) is 2. The Hall–Kier alpha value is -3.13. The number of aromatic nitrogens is 3. The Morgan fingerprint density at radius 3 is 2.44 bits per heavy atom. The summed E-state index contributed by atoms with van der Waals surface area (Å²) in [6.45, 7) is 11.4. The second kappa shape index (κ2) is 11.5. The number of H-pyrrole nitrogens is 1. The number of guanidine groups is 1. The molecule has 32 heavy (non-hydrogen) atoms. The molecule has 0 bridgehead atoms. The maximum absolute atomic E-state index is 12.4. The molecule has 0 aliphatic heterocycles. The van der Waals surface area contributed by atoms with Crippen LogP contribution < -0.4 is 22.5 Å². The first-order valence-electron chi connectivity index (χ1n) is 11.5. The molecule has 1 fully saturated rings. The lowest BCUT2D eigenvalue weighted by Crippen LogP contribution is -2.30. The van der Waals surface area contributed by atoms with Gasteiger partial charge in [0.25, 0.3) is 0 Å². The molecule has 1 aliphatic rings. The van der Waals surface area contributed by atoms with E-state index >= 15 is 0 Å². The number of aromatic amines is 1. The molecule has 1 aromatic carbocycles. The van der Waals surface area contributed by atoms with Crippen LogP contribution in [0.2, 0.25) is 0 Å². The second-order valence-electron chi connectivity index (χ2n) is 7.37. The summed E-state index contributed by atoms with van der Waals surface area (Å²) in [5.74, 6) is 0.134. The van der Waals surface area contributed by atoms with Crippen LogP contribution in [0.1, 0.15) is 58.2 Å². The normalized spacial score (nSPS) is 13.4. The molecule has 0 atom stereocenters. The van der Waals surface area contributed by atoms with Gasteiger partial charge in [-0.25, -0.2) is 4.79 Å². The molecular weight excluding hydrogens is 402 g/mol. The van der Waals surface area contributed by atoms with Crippen LogP contribution in [0.3, 0.4) is 0 Å². The maximum atomic E-state index is 12.4. The number of aliphatic imine (C=N–C) groups is 1. The third-order valence-electron chi connectivity index (χ3n) is 5.18. The van der Waals surface area contributed by atoms with Crippen molar-refractivity contribution in [1.29, 1.82) is 0 Å². The summed E-state index contributed by atoms with van der Waals surface area (Å²) in [6, 6.07) is 10.1. The SMILES string of the molecule is CC.CC.Cc1cc2cn(-c3ccc(C4(NCCCN=C(N)N)CC4)cc3)c(=O)nc2[nH]1. The summed E-state index contributed by atoms with van der Waals surface area (Å²) in [5, 5.41) is 4.54. The van der Waals surface area contributed by atoms with Gasteiger partial charge in [-0.3, -0.25) is 9.56 Å². The molecule has 0 unspecified atom stereocenters. The Labute approximate surface area is 190 Å². The highest BCUT2D eigenvalue weighted by molar-refractivity contribution is 5.76. The maximum Gasteiger partial charge on any atom is 0.354 e. The van der Waals surface area contributed by atoms with Crippen LogP contribution in [-0.2, 0) is 5.54 Å². The molecule has 6 N–H and O–H groups in total. The summed E-state index contributed by atoms with van der Waals surface area (Å²) in [6.07, 6.45) is 4.92. The third kappa shape index (κ3) is 5.97. The van der Waals surface area contributed by atoms with Crippen molar-refractivity contribution in [3.63, 3.8) is 0 Å². The number of aryl methyl sites for hydroxylation is 1. The van der Waals surface area contributed by atoms with Crippen molar-refractivity contribution in [3.8, 4) is 5.69 Å². The minimum Gasteiger partial charge on any atom is -0.370 e. The van der Waals surface area contributed by atoms with E-state index in [4.69, 9.17) is 11.5 Å². The lowest BCUT2D eigenvalue weighted by Gasteiger charge is -2.18. The molecule has 0 radical (unpaired) electrons. The minimum atomic E-state index is -0.291. The van der Waals surface area contributed by atoms with E-state index in [9.17, 15) is 4.79 Å². The van der Waals surface area contributed by atoms with Crippen molar-refractivity contribution in [3.05, 3.63) is 58.3 Å². The average Bonchev–Trinajstić information content (AvgIpc) is 3.50. The number of nitrogens with zero attached hydrogens (tertiary/aromatic N) is 3.